The van der Waals surface area contributed by atoms with Crippen LogP contribution in [0.25, 0.3) is 10.9 Å². The van der Waals surface area contributed by atoms with Crippen LogP contribution >= 0.6 is 0 Å². The zero-order valence-electron chi connectivity index (χ0n) is 8.00. The van der Waals surface area contributed by atoms with E-state index >= 15 is 0 Å². The average molecular weight is 185 g/mol. The number of aromatic nitrogens is 1. The number of aryl methyl sites for hydroxylation is 1. The molecule has 2 heteroatoms. The Morgan fingerprint density at radius 1 is 1.43 bits per heavy atom. The largest absolute Gasteiger partial charge is 0.358 e. The van der Waals surface area contributed by atoms with Crippen molar-refractivity contribution in [2.75, 3.05) is 0 Å². The van der Waals surface area contributed by atoms with Crippen molar-refractivity contribution in [3.8, 4) is 0 Å². The number of aromatic amines is 1. The lowest BCUT2D eigenvalue weighted by Gasteiger charge is -1.93. The summed E-state index contributed by atoms with van der Waals surface area (Å²) < 4.78 is 0. The smallest absolute Gasteiger partial charge is 0.187 e. The Morgan fingerprint density at radius 3 is 2.86 bits per heavy atom. The molecule has 0 aliphatic heterocycles. The van der Waals surface area contributed by atoms with Gasteiger partial charge in [0, 0.05) is 16.6 Å². The van der Waals surface area contributed by atoms with Gasteiger partial charge in [-0.3, -0.25) is 4.79 Å². The van der Waals surface area contributed by atoms with Crippen molar-refractivity contribution in [1.82, 2.24) is 4.98 Å². The molecule has 2 nitrogen and oxygen atoms in total. The predicted molar refractivity (Wildman–Crippen MR) is 57.6 cm³/mol. The van der Waals surface area contributed by atoms with Crippen LogP contribution in [0.2, 0.25) is 0 Å². The maximum absolute atomic E-state index is 11.6. The molecular formula is C12H11NO. The molecule has 0 saturated carbocycles. The van der Waals surface area contributed by atoms with Gasteiger partial charge in [0.2, 0.25) is 0 Å². The standard InChI is InChI=1S/C12H11NO/c1-3-11(14)12-8(2)13-10-7-5-4-6-9(10)12/h3-7,13H,1H2,2H3. The normalized spacial score (nSPS) is 10.4. The van der Waals surface area contributed by atoms with Crippen molar-refractivity contribution >= 4 is 16.7 Å². The Kier molecular flexibility index (Phi) is 1.97. The lowest BCUT2D eigenvalue weighted by molar-refractivity contribution is 0.104. The zero-order valence-corrected chi connectivity index (χ0v) is 8.00. The number of carbonyl (C=O) groups is 1. The molecule has 0 radical (unpaired) electrons. The number of ketones is 1. The van der Waals surface area contributed by atoms with Gasteiger partial charge >= 0.3 is 0 Å². The highest BCUT2D eigenvalue weighted by atomic mass is 16.1. The Hall–Kier alpha value is -1.83. The molecule has 0 atom stereocenters. The first-order chi connectivity index (χ1) is 6.74. The lowest BCUT2D eigenvalue weighted by atomic mass is 10.1. The highest BCUT2D eigenvalue weighted by Crippen LogP contribution is 2.22. The number of H-pyrrole nitrogens is 1. The van der Waals surface area contributed by atoms with Crippen LogP contribution in [-0.4, -0.2) is 10.8 Å². The van der Waals surface area contributed by atoms with Gasteiger partial charge in [0.05, 0.1) is 5.56 Å². The second-order valence-corrected chi connectivity index (χ2v) is 3.24. The number of nitrogens with one attached hydrogen (secondary N) is 1. The van der Waals surface area contributed by atoms with Gasteiger partial charge in [-0.05, 0) is 19.1 Å². The van der Waals surface area contributed by atoms with Crippen LogP contribution in [0.15, 0.2) is 36.9 Å². The van der Waals surface area contributed by atoms with Gasteiger partial charge in [-0.1, -0.05) is 24.8 Å². The van der Waals surface area contributed by atoms with Crippen molar-refractivity contribution < 1.29 is 4.79 Å². The van der Waals surface area contributed by atoms with Gasteiger partial charge in [-0.25, -0.2) is 0 Å². The summed E-state index contributed by atoms with van der Waals surface area (Å²) in [6, 6.07) is 7.77. The van der Waals surface area contributed by atoms with E-state index in [-0.39, 0.29) is 5.78 Å². The predicted octanol–water partition coefficient (Wildman–Crippen LogP) is 2.85. The highest BCUT2D eigenvalue weighted by molar-refractivity contribution is 6.14. The summed E-state index contributed by atoms with van der Waals surface area (Å²) >= 11 is 0. The quantitative estimate of drug-likeness (QED) is 0.566. The van der Waals surface area contributed by atoms with E-state index in [1.165, 1.54) is 6.08 Å². The monoisotopic (exact) mass is 185 g/mol. The summed E-state index contributed by atoms with van der Waals surface area (Å²) in [5, 5.41) is 0.968. The van der Waals surface area contributed by atoms with Crippen molar-refractivity contribution in [3.05, 3.63) is 48.2 Å². The number of allylic oxidation sites excluding steroid dienone is 1. The minimum atomic E-state index is -0.0278. The van der Waals surface area contributed by atoms with Crippen LogP contribution in [-0.2, 0) is 0 Å². The molecule has 2 aromatic rings. The second-order valence-electron chi connectivity index (χ2n) is 3.24. The molecule has 0 aliphatic carbocycles. The van der Waals surface area contributed by atoms with Crippen molar-refractivity contribution in [2.45, 2.75) is 6.92 Å². The number of fused-ring (bicyclic) bond motifs is 1. The van der Waals surface area contributed by atoms with Gasteiger partial charge in [-0.2, -0.15) is 0 Å². The van der Waals surface area contributed by atoms with Crippen LogP contribution in [0.4, 0.5) is 0 Å². The maximum atomic E-state index is 11.6. The molecule has 1 heterocycles. The lowest BCUT2D eigenvalue weighted by Crippen LogP contribution is -1.94. The molecular weight excluding hydrogens is 174 g/mol. The Balaban J connectivity index is 2.80. The van der Waals surface area contributed by atoms with E-state index in [0.717, 1.165) is 22.2 Å². The molecule has 0 spiro atoms. The number of hydrogen-bond acceptors (Lipinski definition) is 1. The van der Waals surface area contributed by atoms with Gasteiger partial charge in [0.1, 0.15) is 0 Å². The van der Waals surface area contributed by atoms with Crippen molar-refractivity contribution in [1.29, 1.82) is 0 Å². The van der Waals surface area contributed by atoms with Crippen LogP contribution in [0.5, 0.6) is 0 Å². The van der Waals surface area contributed by atoms with Gasteiger partial charge in [0.25, 0.3) is 0 Å². The number of benzene rings is 1. The molecule has 14 heavy (non-hydrogen) atoms. The SMILES string of the molecule is C=CC(=O)c1c(C)[nH]c2ccccc12. The van der Waals surface area contributed by atoms with Gasteiger partial charge < -0.3 is 4.98 Å². The summed E-state index contributed by atoms with van der Waals surface area (Å²) in [5.74, 6) is -0.0278. The topological polar surface area (TPSA) is 32.9 Å². The Labute approximate surface area is 82.3 Å². The highest BCUT2D eigenvalue weighted by Gasteiger charge is 2.12. The third-order valence-corrected chi connectivity index (χ3v) is 2.33. The molecule has 0 fully saturated rings. The Bertz CT molecular complexity index is 508. The van der Waals surface area contributed by atoms with Gasteiger partial charge in [0.15, 0.2) is 5.78 Å². The van der Waals surface area contributed by atoms with E-state index < -0.39 is 0 Å². The van der Waals surface area contributed by atoms with E-state index in [1.807, 2.05) is 31.2 Å². The third-order valence-electron chi connectivity index (χ3n) is 2.33. The first kappa shape index (κ1) is 8.75. The molecule has 2 rings (SSSR count). The molecule has 1 aromatic heterocycles. The molecule has 1 N–H and O–H groups in total. The van der Waals surface area contributed by atoms with E-state index in [2.05, 4.69) is 11.6 Å². The fourth-order valence-electron chi connectivity index (χ4n) is 1.70. The van der Waals surface area contributed by atoms with E-state index in [0.29, 0.717) is 0 Å². The first-order valence-corrected chi connectivity index (χ1v) is 4.48. The fourth-order valence-corrected chi connectivity index (χ4v) is 1.70. The maximum Gasteiger partial charge on any atom is 0.187 e. The first-order valence-electron chi connectivity index (χ1n) is 4.48. The summed E-state index contributed by atoms with van der Waals surface area (Å²) in [6.07, 6.45) is 1.35. The van der Waals surface area contributed by atoms with E-state index in [1.54, 1.807) is 0 Å². The number of para-hydroxylation sites is 1. The average Bonchev–Trinajstić information content (AvgIpc) is 2.53. The molecule has 0 amide bonds. The summed E-state index contributed by atoms with van der Waals surface area (Å²) in [5.41, 5.74) is 2.63. The van der Waals surface area contributed by atoms with E-state index in [9.17, 15) is 4.79 Å². The van der Waals surface area contributed by atoms with Crippen molar-refractivity contribution in [3.63, 3.8) is 0 Å². The molecule has 0 saturated heterocycles. The molecule has 0 unspecified atom stereocenters. The third kappa shape index (κ3) is 1.16. The zero-order chi connectivity index (χ0) is 10.1. The van der Waals surface area contributed by atoms with Crippen molar-refractivity contribution in [2.24, 2.45) is 0 Å². The Morgan fingerprint density at radius 2 is 2.14 bits per heavy atom. The number of rotatable bonds is 2. The fraction of sp³-hybridized carbons (Fsp3) is 0.0833. The van der Waals surface area contributed by atoms with Crippen LogP contribution in [0.1, 0.15) is 16.1 Å². The van der Waals surface area contributed by atoms with E-state index in [4.69, 9.17) is 0 Å². The minimum absolute atomic E-state index is 0.0278. The van der Waals surface area contributed by atoms with Crippen LogP contribution in [0.3, 0.4) is 0 Å². The number of hydrogen-bond donors (Lipinski definition) is 1. The summed E-state index contributed by atoms with van der Waals surface area (Å²) in [6.45, 7) is 5.40. The summed E-state index contributed by atoms with van der Waals surface area (Å²) in [4.78, 5) is 14.7. The minimum Gasteiger partial charge on any atom is -0.358 e. The molecule has 0 bridgehead atoms. The summed E-state index contributed by atoms with van der Waals surface area (Å²) in [7, 11) is 0. The molecule has 0 aliphatic rings. The van der Waals surface area contributed by atoms with Crippen LogP contribution < -0.4 is 0 Å². The number of carbonyl (C=O) groups excluding carboxylic acids is 1. The molecule has 70 valence electrons. The molecule has 1 aromatic carbocycles. The second kappa shape index (κ2) is 3.14. The van der Waals surface area contributed by atoms with Gasteiger partial charge in [-0.15, -0.1) is 0 Å². The van der Waals surface area contributed by atoms with Crippen LogP contribution in [0, 0.1) is 6.92 Å².